The fourth-order valence-electron chi connectivity index (χ4n) is 2.56. The second-order valence-corrected chi connectivity index (χ2v) is 6.68. The van der Waals surface area contributed by atoms with E-state index in [-0.39, 0.29) is 0 Å². The number of fused-ring (bicyclic) bond motifs is 1. The summed E-state index contributed by atoms with van der Waals surface area (Å²) in [7, 11) is 0. The molecule has 3 heterocycles. The third-order valence-electron chi connectivity index (χ3n) is 3.73. The summed E-state index contributed by atoms with van der Waals surface area (Å²) in [5.41, 5.74) is 6.17. The van der Waals surface area contributed by atoms with Gasteiger partial charge < -0.3 is 0 Å². The molecule has 6 heteroatoms. The lowest BCUT2D eigenvalue weighted by Crippen LogP contribution is -1.98. The zero-order valence-corrected chi connectivity index (χ0v) is 14.5. The summed E-state index contributed by atoms with van der Waals surface area (Å²) in [6, 6.07) is 13.7. The fourth-order valence-corrected chi connectivity index (χ4v) is 3.44. The Bertz CT molecular complexity index is 1030. The van der Waals surface area contributed by atoms with Gasteiger partial charge in [-0.25, -0.2) is 19.9 Å². The van der Waals surface area contributed by atoms with Crippen LogP contribution < -0.4 is 0 Å². The van der Waals surface area contributed by atoms with Gasteiger partial charge in [-0.1, -0.05) is 35.9 Å². The van der Waals surface area contributed by atoms with Crippen LogP contribution in [0.3, 0.4) is 0 Å². The van der Waals surface area contributed by atoms with Crippen molar-refractivity contribution < 1.29 is 0 Å². The van der Waals surface area contributed by atoms with Gasteiger partial charge in [0.25, 0.3) is 0 Å². The summed E-state index contributed by atoms with van der Waals surface area (Å²) in [6.45, 7) is 1.97. The van der Waals surface area contributed by atoms with Crippen LogP contribution in [0.15, 0.2) is 48.0 Å². The largest absolute Gasteiger partial charge is 0.249 e. The first-order chi connectivity index (χ1) is 11.7. The molecule has 4 nitrogen and oxygen atoms in total. The number of thiazole rings is 1. The topological polar surface area (TPSA) is 51.6 Å². The van der Waals surface area contributed by atoms with Crippen LogP contribution in [0.25, 0.3) is 21.9 Å². The Balaban J connectivity index is 1.72. The summed E-state index contributed by atoms with van der Waals surface area (Å²) in [4.78, 5) is 18.1. The van der Waals surface area contributed by atoms with Crippen LogP contribution in [0.4, 0.5) is 0 Å². The Hall–Kier alpha value is -2.37. The zero-order chi connectivity index (χ0) is 16.5. The fraction of sp³-hybridized carbons (Fsp3) is 0.111. The summed E-state index contributed by atoms with van der Waals surface area (Å²) in [5.74, 6) is 0.604. The van der Waals surface area contributed by atoms with Gasteiger partial charge in [-0.3, -0.25) is 0 Å². The quantitative estimate of drug-likeness (QED) is 0.536. The molecule has 1 aromatic carbocycles. The Labute approximate surface area is 148 Å². The van der Waals surface area contributed by atoms with Crippen molar-refractivity contribution in [3.63, 3.8) is 0 Å². The molecule has 0 fully saturated rings. The van der Waals surface area contributed by atoms with Crippen molar-refractivity contribution >= 4 is 33.3 Å². The van der Waals surface area contributed by atoms with Gasteiger partial charge in [0, 0.05) is 17.1 Å². The van der Waals surface area contributed by atoms with Crippen LogP contribution in [-0.4, -0.2) is 19.9 Å². The Morgan fingerprint density at radius 2 is 1.88 bits per heavy atom. The first-order valence-electron chi connectivity index (χ1n) is 7.48. The van der Waals surface area contributed by atoms with Crippen molar-refractivity contribution in [3.8, 4) is 11.5 Å². The molecule has 4 rings (SSSR count). The number of halogens is 1. The number of benzene rings is 1. The molecule has 0 N–H and O–H groups in total. The zero-order valence-electron chi connectivity index (χ0n) is 12.9. The maximum Gasteiger partial charge on any atom is 0.180 e. The van der Waals surface area contributed by atoms with Gasteiger partial charge in [0.2, 0.25) is 0 Å². The van der Waals surface area contributed by atoms with Crippen LogP contribution in [0.1, 0.15) is 17.0 Å². The lowest BCUT2D eigenvalue weighted by molar-refractivity contribution is 1.05. The summed E-state index contributed by atoms with van der Waals surface area (Å²) in [5, 5.41) is 0.751. The first-order valence-corrected chi connectivity index (χ1v) is 8.74. The van der Waals surface area contributed by atoms with Crippen molar-refractivity contribution in [2.45, 2.75) is 13.3 Å². The number of hydrogen-bond donors (Lipinski definition) is 0. The highest BCUT2D eigenvalue weighted by Crippen LogP contribution is 2.23. The molecule has 118 valence electrons. The van der Waals surface area contributed by atoms with Crippen LogP contribution in [-0.2, 0) is 6.42 Å². The molecule has 24 heavy (non-hydrogen) atoms. The molecular weight excluding hydrogens is 340 g/mol. The minimum absolute atomic E-state index is 0.604. The number of aryl methyl sites for hydroxylation is 1. The van der Waals surface area contributed by atoms with Crippen molar-refractivity contribution in [2.24, 2.45) is 0 Å². The van der Waals surface area contributed by atoms with E-state index < -0.39 is 0 Å². The van der Waals surface area contributed by atoms with E-state index in [0.717, 1.165) is 38.0 Å². The van der Waals surface area contributed by atoms with Crippen molar-refractivity contribution in [1.29, 1.82) is 0 Å². The Kier molecular flexibility index (Phi) is 3.96. The SMILES string of the molecule is Cc1nc(-c2cccc(Cc3ccccc3Cl)n2)nc2ncsc12. The van der Waals surface area contributed by atoms with Crippen molar-refractivity contribution in [2.75, 3.05) is 0 Å². The first kappa shape index (κ1) is 15.2. The monoisotopic (exact) mass is 352 g/mol. The molecular formula is C18H13ClN4S. The molecule has 0 saturated carbocycles. The predicted octanol–water partition coefficient (Wildman–Crippen LogP) is 4.70. The molecule has 3 aromatic heterocycles. The molecule has 0 saturated heterocycles. The van der Waals surface area contributed by atoms with Gasteiger partial charge in [-0.15, -0.1) is 11.3 Å². The number of nitrogens with zero attached hydrogens (tertiary/aromatic N) is 4. The molecule has 0 aliphatic carbocycles. The Morgan fingerprint density at radius 3 is 2.75 bits per heavy atom. The highest BCUT2D eigenvalue weighted by atomic mass is 35.5. The predicted molar refractivity (Wildman–Crippen MR) is 97.4 cm³/mol. The Morgan fingerprint density at radius 1 is 1.00 bits per heavy atom. The van der Waals surface area contributed by atoms with E-state index in [1.54, 1.807) is 16.8 Å². The normalized spacial score (nSPS) is 11.1. The average Bonchev–Trinajstić information content (AvgIpc) is 3.06. The van der Waals surface area contributed by atoms with Crippen LogP contribution in [0.5, 0.6) is 0 Å². The average molecular weight is 353 g/mol. The molecule has 0 atom stereocenters. The lowest BCUT2D eigenvalue weighted by atomic mass is 10.1. The van der Waals surface area contributed by atoms with Crippen molar-refractivity contribution in [3.05, 3.63) is 69.9 Å². The highest BCUT2D eigenvalue weighted by molar-refractivity contribution is 7.16. The second kappa shape index (κ2) is 6.26. The summed E-state index contributed by atoms with van der Waals surface area (Å²) < 4.78 is 1.02. The maximum absolute atomic E-state index is 6.24. The molecule has 4 aromatic rings. The molecule has 0 aliphatic rings. The van der Waals surface area contributed by atoms with E-state index in [1.165, 1.54) is 0 Å². The minimum atomic E-state index is 0.604. The van der Waals surface area contributed by atoms with Crippen LogP contribution in [0.2, 0.25) is 5.02 Å². The van der Waals surface area contributed by atoms with Crippen LogP contribution >= 0.6 is 22.9 Å². The highest BCUT2D eigenvalue weighted by Gasteiger charge is 2.11. The third kappa shape index (κ3) is 2.88. The van der Waals surface area contributed by atoms with Gasteiger partial charge in [0.1, 0.15) is 5.69 Å². The van der Waals surface area contributed by atoms with E-state index in [4.69, 9.17) is 16.6 Å². The van der Waals surface area contributed by atoms with Gasteiger partial charge in [-0.2, -0.15) is 0 Å². The minimum Gasteiger partial charge on any atom is -0.249 e. The molecule has 0 spiro atoms. The van der Waals surface area contributed by atoms with E-state index in [1.807, 2.05) is 49.4 Å². The number of pyridine rings is 1. The number of rotatable bonds is 3. The van der Waals surface area contributed by atoms with Gasteiger partial charge in [-0.05, 0) is 30.7 Å². The maximum atomic E-state index is 6.24. The standard InChI is InChI=1S/C18H13ClN4S/c1-11-16-18(20-10-24-16)23-17(21-11)15-8-4-6-13(22-15)9-12-5-2-3-7-14(12)19/h2-8,10H,9H2,1H3. The number of aromatic nitrogens is 4. The molecule has 0 aliphatic heterocycles. The van der Waals surface area contributed by atoms with E-state index in [0.29, 0.717) is 12.2 Å². The lowest BCUT2D eigenvalue weighted by Gasteiger charge is -2.06. The van der Waals surface area contributed by atoms with Gasteiger partial charge >= 0.3 is 0 Å². The van der Waals surface area contributed by atoms with E-state index in [9.17, 15) is 0 Å². The summed E-state index contributed by atoms with van der Waals surface area (Å²) >= 11 is 7.80. The molecule has 0 amide bonds. The van der Waals surface area contributed by atoms with Gasteiger partial charge in [0.05, 0.1) is 15.9 Å². The van der Waals surface area contributed by atoms with E-state index in [2.05, 4.69) is 15.0 Å². The third-order valence-corrected chi connectivity index (χ3v) is 5.02. The second-order valence-electron chi connectivity index (χ2n) is 5.42. The molecule has 0 unspecified atom stereocenters. The van der Waals surface area contributed by atoms with E-state index >= 15 is 0 Å². The van der Waals surface area contributed by atoms with Crippen LogP contribution in [0, 0.1) is 6.92 Å². The molecule has 0 bridgehead atoms. The number of hydrogen-bond acceptors (Lipinski definition) is 5. The summed E-state index contributed by atoms with van der Waals surface area (Å²) in [6.07, 6.45) is 0.672. The smallest absolute Gasteiger partial charge is 0.180 e. The molecule has 0 radical (unpaired) electrons. The van der Waals surface area contributed by atoms with Gasteiger partial charge in [0.15, 0.2) is 11.5 Å². The van der Waals surface area contributed by atoms with Crippen molar-refractivity contribution in [1.82, 2.24) is 19.9 Å².